The van der Waals surface area contributed by atoms with Crippen LogP contribution in [0.4, 0.5) is 0 Å². The van der Waals surface area contributed by atoms with E-state index in [2.05, 4.69) is 26.1 Å². The molecule has 4 aromatic rings. The van der Waals surface area contributed by atoms with Crippen LogP contribution in [-0.4, -0.2) is 61.5 Å². The zero-order chi connectivity index (χ0) is 24.4. The summed E-state index contributed by atoms with van der Waals surface area (Å²) in [7, 11) is 1.48. The molecule has 1 aromatic carbocycles. The number of Topliss-reactive ketones (excluding diaryl/α,β-unsaturated/α-hetero) is 1. The molecule has 5 rings (SSSR count). The molecule has 1 amide bonds. The minimum absolute atomic E-state index is 0.203. The van der Waals surface area contributed by atoms with Crippen molar-refractivity contribution in [1.82, 2.24) is 29.6 Å². The highest BCUT2D eigenvalue weighted by molar-refractivity contribution is 6.45. The van der Waals surface area contributed by atoms with Gasteiger partial charge in [-0.2, -0.15) is 10.4 Å². The number of benzene rings is 1. The Balaban J connectivity index is 1.41. The second kappa shape index (κ2) is 9.23. The van der Waals surface area contributed by atoms with E-state index in [1.54, 1.807) is 0 Å². The number of amides is 1. The van der Waals surface area contributed by atoms with Crippen LogP contribution in [0.25, 0.3) is 22.3 Å². The maximum Gasteiger partial charge on any atom is 0.295 e. The van der Waals surface area contributed by atoms with Crippen molar-refractivity contribution < 1.29 is 14.3 Å². The van der Waals surface area contributed by atoms with E-state index < -0.39 is 11.7 Å². The number of pyridine rings is 1. The molecule has 174 valence electrons. The molecule has 0 spiro atoms. The Morgan fingerprint density at radius 1 is 1.17 bits per heavy atom. The fourth-order valence-electron chi connectivity index (χ4n) is 4.37. The third-order valence-corrected chi connectivity index (χ3v) is 6.13. The zero-order valence-electron chi connectivity index (χ0n) is 18.9. The highest BCUT2D eigenvalue weighted by Crippen LogP contribution is 2.32. The number of nitrogens with one attached hydrogen (secondary N) is 1. The number of likely N-dealkylation sites (tertiary alicyclic amines) is 1. The molecule has 4 heterocycles. The van der Waals surface area contributed by atoms with E-state index in [1.807, 2.05) is 30.3 Å². The lowest BCUT2D eigenvalue weighted by Gasteiger charge is -2.28. The van der Waals surface area contributed by atoms with Crippen LogP contribution in [0.3, 0.4) is 0 Å². The van der Waals surface area contributed by atoms with Gasteiger partial charge in [0.2, 0.25) is 0 Å². The summed E-state index contributed by atoms with van der Waals surface area (Å²) in [5, 5.41) is 14.2. The minimum Gasteiger partial charge on any atom is -0.494 e. The van der Waals surface area contributed by atoms with Gasteiger partial charge in [0.25, 0.3) is 11.7 Å². The van der Waals surface area contributed by atoms with Gasteiger partial charge in [0.05, 0.1) is 41.4 Å². The van der Waals surface area contributed by atoms with Crippen LogP contribution in [0.5, 0.6) is 5.75 Å². The molecule has 10 nitrogen and oxygen atoms in total. The maximum atomic E-state index is 13.3. The highest BCUT2D eigenvalue weighted by Gasteiger charge is 2.30. The number of allylic oxidation sites excluding steroid dienone is 1. The van der Waals surface area contributed by atoms with Gasteiger partial charge in [-0.05, 0) is 24.0 Å². The van der Waals surface area contributed by atoms with Crippen molar-refractivity contribution in [2.45, 2.75) is 12.8 Å². The smallest absolute Gasteiger partial charge is 0.295 e. The first-order valence-electron chi connectivity index (χ1n) is 11.0. The summed E-state index contributed by atoms with van der Waals surface area (Å²) in [5.74, 6) is -0.431. The Bertz CT molecular complexity index is 1470. The van der Waals surface area contributed by atoms with E-state index >= 15 is 0 Å². The second-order valence-electron chi connectivity index (χ2n) is 8.02. The van der Waals surface area contributed by atoms with Crippen molar-refractivity contribution in [3.05, 3.63) is 72.1 Å². The summed E-state index contributed by atoms with van der Waals surface area (Å²) in [6, 6.07) is 11.8. The molecule has 1 aliphatic heterocycles. The van der Waals surface area contributed by atoms with Gasteiger partial charge in [-0.1, -0.05) is 30.3 Å². The second-order valence-corrected chi connectivity index (χ2v) is 8.02. The molecule has 1 N–H and O–H groups in total. The van der Waals surface area contributed by atoms with Gasteiger partial charge in [-0.3, -0.25) is 9.59 Å². The number of nitrogens with zero attached hydrogens (tertiary/aromatic N) is 6. The zero-order valence-corrected chi connectivity index (χ0v) is 18.9. The lowest BCUT2D eigenvalue weighted by atomic mass is 9.93. The third-order valence-electron chi connectivity index (χ3n) is 6.13. The lowest BCUT2D eigenvalue weighted by molar-refractivity contribution is -0.126. The number of aromatic nitrogens is 5. The Morgan fingerprint density at radius 3 is 2.60 bits per heavy atom. The number of aromatic amines is 1. The van der Waals surface area contributed by atoms with E-state index in [9.17, 15) is 14.9 Å². The van der Waals surface area contributed by atoms with Gasteiger partial charge in [-0.15, -0.1) is 0 Å². The summed E-state index contributed by atoms with van der Waals surface area (Å²) in [6.07, 6.45) is 6.92. The number of fused-ring (bicyclic) bond motifs is 1. The number of H-pyrrole nitrogens is 1. The number of hydrogen-bond donors (Lipinski definition) is 1. The summed E-state index contributed by atoms with van der Waals surface area (Å²) in [6.45, 7) is 0.729. The quantitative estimate of drug-likeness (QED) is 0.271. The predicted molar refractivity (Wildman–Crippen MR) is 127 cm³/mol. The molecule has 0 atom stereocenters. The molecular weight excluding hydrogens is 446 g/mol. The van der Waals surface area contributed by atoms with Crippen molar-refractivity contribution in [1.29, 1.82) is 5.26 Å². The van der Waals surface area contributed by atoms with Crippen LogP contribution >= 0.6 is 0 Å². The number of rotatable bonds is 5. The number of hydrogen-bond acceptors (Lipinski definition) is 7. The van der Waals surface area contributed by atoms with Crippen LogP contribution in [0.15, 0.2) is 61.0 Å². The van der Waals surface area contributed by atoms with Crippen LogP contribution in [0.2, 0.25) is 0 Å². The van der Waals surface area contributed by atoms with Gasteiger partial charge in [0.15, 0.2) is 5.82 Å². The first kappa shape index (κ1) is 22.0. The first-order valence-corrected chi connectivity index (χ1v) is 11.0. The van der Waals surface area contributed by atoms with Crippen molar-refractivity contribution in [2.75, 3.05) is 20.2 Å². The molecule has 0 unspecified atom stereocenters. The van der Waals surface area contributed by atoms with E-state index in [4.69, 9.17) is 4.74 Å². The number of piperidine rings is 1. The van der Waals surface area contributed by atoms with Crippen LogP contribution in [0, 0.1) is 11.3 Å². The van der Waals surface area contributed by atoms with E-state index in [0.29, 0.717) is 54.0 Å². The molecule has 1 fully saturated rings. The van der Waals surface area contributed by atoms with Crippen LogP contribution < -0.4 is 4.74 Å². The van der Waals surface area contributed by atoms with Crippen molar-refractivity contribution in [3.8, 4) is 17.6 Å². The molecule has 10 heteroatoms. The monoisotopic (exact) mass is 467 g/mol. The summed E-state index contributed by atoms with van der Waals surface area (Å²) >= 11 is 0. The maximum absolute atomic E-state index is 13.3. The fourth-order valence-corrected chi connectivity index (χ4v) is 4.37. The van der Waals surface area contributed by atoms with Gasteiger partial charge in [0.1, 0.15) is 18.4 Å². The average Bonchev–Trinajstić information content (AvgIpc) is 3.60. The van der Waals surface area contributed by atoms with Gasteiger partial charge in [0, 0.05) is 19.3 Å². The number of carbonyl (C=O) groups excluding carboxylic acids is 2. The fraction of sp³-hybridized carbons (Fsp3) is 0.200. The average molecular weight is 467 g/mol. The Kier molecular flexibility index (Phi) is 5.81. The Hall–Kier alpha value is -4.78. The van der Waals surface area contributed by atoms with E-state index in [1.165, 1.54) is 41.7 Å². The standard InChI is InChI=1S/C25H21N7O3/c1-35-20-13-29-24(32-15-27-14-30-32)22-21(20)19(12-28-22)23(33)25(34)31-9-7-17(8-10-31)18(11-26)16-5-3-2-4-6-16/h2-6,12-15,28H,7-10H2,1H3. The number of carbonyl (C=O) groups is 2. The highest BCUT2D eigenvalue weighted by atomic mass is 16.5. The van der Waals surface area contributed by atoms with Crippen molar-refractivity contribution >= 4 is 28.2 Å². The molecule has 0 radical (unpaired) electrons. The molecule has 0 bridgehead atoms. The number of methoxy groups -OCH3 is 1. The summed E-state index contributed by atoms with van der Waals surface area (Å²) in [4.78, 5) is 39.3. The van der Waals surface area contributed by atoms with Crippen LogP contribution in [-0.2, 0) is 4.79 Å². The molecule has 1 saturated heterocycles. The predicted octanol–water partition coefficient (Wildman–Crippen LogP) is 2.93. The summed E-state index contributed by atoms with van der Waals surface area (Å²) in [5.41, 5.74) is 3.21. The van der Waals surface area contributed by atoms with E-state index in [-0.39, 0.29) is 5.56 Å². The molecule has 1 aliphatic rings. The molecule has 0 saturated carbocycles. The number of ketones is 1. The minimum atomic E-state index is -0.638. The normalized spacial score (nSPS) is 13.5. The molecule has 35 heavy (non-hydrogen) atoms. The van der Waals surface area contributed by atoms with Gasteiger partial charge in [-0.25, -0.2) is 14.6 Å². The number of ether oxygens (including phenoxy) is 1. The SMILES string of the molecule is COc1cnc(-n2cncn2)c2[nH]cc(C(=O)C(=O)N3CCC(=C(C#N)c4ccccc4)CC3)c12. The first-order chi connectivity index (χ1) is 17.1. The van der Waals surface area contributed by atoms with Gasteiger partial charge >= 0.3 is 0 Å². The molecule has 0 aliphatic carbocycles. The molecular formula is C25H21N7O3. The van der Waals surface area contributed by atoms with E-state index in [0.717, 1.165) is 11.1 Å². The third kappa shape index (κ3) is 3.93. The van der Waals surface area contributed by atoms with Crippen molar-refractivity contribution in [3.63, 3.8) is 0 Å². The largest absolute Gasteiger partial charge is 0.494 e. The Labute approximate surface area is 200 Å². The summed E-state index contributed by atoms with van der Waals surface area (Å²) < 4.78 is 6.89. The van der Waals surface area contributed by atoms with Crippen LogP contribution in [0.1, 0.15) is 28.8 Å². The topological polar surface area (TPSA) is 130 Å². The molecule has 3 aromatic heterocycles. The van der Waals surface area contributed by atoms with Gasteiger partial charge < -0.3 is 14.6 Å². The van der Waals surface area contributed by atoms with Crippen molar-refractivity contribution in [2.24, 2.45) is 0 Å². The lowest BCUT2D eigenvalue weighted by Crippen LogP contribution is -2.40. The number of nitriles is 1. The Morgan fingerprint density at radius 2 is 1.94 bits per heavy atom.